The van der Waals surface area contributed by atoms with E-state index in [1.807, 2.05) is 6.92 Å². The number of fused-ring (bicyclic) bond motifs is 1. The Bertz CT molecular complexity index is 1040. The number of hydrogen-bond acceptors (Lipinski definition) is 4. The standard InChI is InChI=1S/C18H19ClN4O3/c1-10(2)9-23-17(19)13(11(3)22-23)5-7-16(24)20-12-4-6-15-14(8-12)21-18(25)26-15/h4-8,10H,9H2,1-3H3,(H,20,24)(H,21,25)/b7-5+. The van der Waals surface area contributed by atoms with Crippen molar-refractivity contribution in [1.82, 2.24) is 14.8 Å². The van der Waals surface area contributed by atoms with Gasteiger partial charge in [-0.25, -0.2) is 4.79 Å². The van der Waals surface area contributed by atoms with Gasteiger partial charge in [-0.2, -0.15) is 5.10 Å². The highest BCUT2D eigenvalue weighted by atomic mass is 35.5. The van der Waals surface area contributed by atoms with Gasteiger partial charge in [0, 0.05) is 23.9 Å². The van der Waals surface area contributed by atoms with Crippen molar-refractivity contribution < 1.29 is 9.21 Å². The van der Waals surface area contributed by atoms with Crippen LogP contribution in [0.15, 0.2) is 33.5 Å². The van der Waals surface area contributed by atoms with Gasteiger partial charge >= 0.3 is 5.76 Å². The summed E-state index contributed by atoms with van der Waals surface area (Å²) in [6, 6.07) is 4.90. The first kappa shape index (κ1) is 18.0. The second-order valence-corrected chi connectivity index (χ2v) is 6.77. The molecule has 0 aliphatic rings. The van der Waals surface area contributed by atoms with Gasteiger partial charge in [0.1, 0.15) is 5.15 Å². The molecule has 0 atom stereocenters. The summed E-state index contributed by atoms with van der Waals surface area (Å²) in [5.74, 6) is -0.439. The number of benzene rings is 1. The van der Waals surface area contributed by atoms with Crippen LogP contribution in [0.1, 0.15) is 25.1 Å². The summed E-state index contributed by atoms with van der Waals surface area (Å²) in [5, 5.41) is 7.65. The van der Waals surface area contributed by atoms with E-state index in [1.165, 1.54) is 6.08 Å². The number of halogens is 1. The molecule has 1 amide bonds. The van der Waals surface area contributed by atoms with Gasteiger partial charge in [-0.1, -0.05) is 25.4 Å². The first-order valence-electron chi connectivity index (χ1n) is 8.18. The normalized spacial score (nSPS) is 11.7. The smallest absolute Gasteiger partial charge is 0.408 e. The maximum atomic E-state index is 12.2. The third-order valence-corrected chi connectivity index (χ3v) is 4.13. The van der Waals surface area contributed by atoms with Gasteiger partial charge in [0.25, 0.3) is 0 Å². The van der Waals surface area contributed by atoms with E-state index < -0.39 is 5.76 Å². The first-order valence-corrected chi connectivity index (χ1v) is 8.56. The number of aryl methyl sites for hydroxylation is 1. The first-order chi connectivity index (χ1) is 12.3. The van der Waals surface area contributed by atoms with Crippen molar-refractivity contribution in [3.05, 3.63) is 51.2 Å². The minimum absolute atomic E-state index is 0.317. The Kier molecular flexibility index (Phi) is 4.99. The number of carbonyl (C=O) groups excluding carboxylic acids is 1. The molecule has 0 saturated carbocycles. The molecule has 3 rings (SSSR count). The van der Waals surface area contributed by atoms with Crippen molar-refractivity contribution in [2.75, 3.05) is 5.32 Å². The highest BCUT2D eigenvalue weighted by Gasteiger charge is 2.12. The van der Waals surface area contributed by atoms with Crippen LogP contribution < -0.4 is 11.1 Å². The fraction of sp³-hybridized carbons (Fsp3) is 0.278. The number of oxazole rings is 1. The SMILES string of the molecule is Cc1nn(CC(C)C)c(Cl)c1/C=C/C(=O)Nc1ccc2oc(=O)[nH]c2c1. The summed E-state index contributed by atoms with van der Waals surface area (Å²) in [7, 11) is 0. The maximum Gasteiger partial charge on any atom is 0.417 e. The van der Waals surface area contributed by atoms with Crippen molar-refractivity contribution in [3.8, 4) is 0 Å². The average Bonchev–Trinajstić information content (AvgIpc) is 3.04. The Balaban J connectivity index is 1.74. The fourth-order valence-corrected chi connectivity index (χ4v) is 2.90. The summed E-state index contributed by atoms with van der Waals surface area (Å²) < 4.78 is 6.67. The fourth-order valence-electron chi connectivity index (χ4n) is 2.60. The number of anilines is 1. The molecule has 0 bridgehead atoms. The van der Waals surface area contributed by atoms with Crippen LogP contribution in [0.25, 0.3) is 17.2 Å². The second kappa shape index (κ2) is 7.21. The van der Waals surface area contributed by atoms with E-state index in [4.69, 9.17) is 16.0 Å². The summed E-state index contributed by atoms with van der Waals surface area (Å²) in [6.45, 7) is 6.73. The van der Waals surface area contributed by atoms with E-state index in [0.717, 1.165) is 11.3 Å². The van der Waals surface area contributed by atoms with Crippen molar-refractivity contribution >= 4 is 40.4 Å². The highest BCUT2D eigenvalue weighted by molar-refractivity contribution is 6.31. The summed E-state index contributed by atoms with van der Waals surface area (Å²) in [6.07, 6.45) is 3.05. The van der Waals surface area contributed by atoms with Crippen LogP contribution in [0.4, 0.5) is 5.69 Å². The van der Waals surface area contributed by atoms with Gasteiger partial charge in [-0.05, 0) is 37.1 Å². The minimum Gasteiger partial charge on any atom is -0.408 e. The van der Waals surface area contributed by atoms with Crippen molar-refractivity contribution in [1.29, 1.82) is 0 Å². The van der Waals surface area contributed by atoms with Gasteiger partial charge in [-0.15, -0.1) is 0 Å². The number of nitrogens with one attached hydrogen (secondary N) is 2. The molecule has 2 aromatic heterocycles. The van der Waals surface area contributed by atoms with E-state index in [-0.39, 0.29) is 5.91 Å². The third kappa shape index (κ3) is 3.88. The average molecular weight is 375 g/mol. The van der Waals surface area contributed by atoms with E-state index in [2.05, 4.69) is 29.2 Å². The zero-order valence-corrected chi connectivity index (χ0v) is 15.4. The van der Waals surface area contributed by atoms with Crippen LogP contribution >= 0.6 is 11.6 Å². The van der Waals surface area contributed by atoms with Gasteiger partial charge in [-0.3, -0.25) is 14.5 Å². The Hall–Kier alpha value is -2.80. The lowest BCUT2D eigenvalue weighted by Gasteiger charge is -2.05. The monoisotopic (exact) mass is 374 g/mol. The molecule has 7 nitrogen and oxygen atoms in total. The Labute approximate surface area is 154 Å². The Morgan fingerprint density at radius 1 is 1.46 bits per heavy atom. The van der Waals surface area contributed by atoms with Crippen molar-refractivity contribution in [2.24, 2.45) is 5.92 Å². The summed E-state index contributed by atoms with van der Waals surface area (Å²) >= 11 is 6.36. The molecular formula is C18H19ClN4O3. The maximum absolute atomic E-state index is 12.2. The number of carbonyl (C=O) groups is 1. The van der Waals surface area contributed by atoms with Crippen molar-refractivity contribution in [2.45, 2.75) is 27.3 Å². The molecule has 0 saturated heterocycles. The van der Waals surface area contributed by atoms with E-state index in [0.29, 0.717) is 34.4 Å². The van der Waals surface area contributed by atoms with Gasteiger partial charge in [0.05, 0.1) is 11.2 Å². The molecule has 0 aliphatic heterocycles. The molecule has 0 radical (unpaired) electrons. The molecule has 0 aliphatic carbocycles. The third-order valence-electron chi connectivity index (χ3n) is 3.74. The van der Waals surface area contributed by atoms with Crippen LogP contribution in [-0.4, -0.2) is 20.7 Å². The molecule has 2 N–H and O–H groups in total. The zero-order chi connectivity index (χ0) is 18.8. The van der Waals surface area contributed by atoms with Crippen LogP contribution in [0.2, 0.25) is 5.15 Å². The van der Waals surface area contributed by atoms with E-state index >= 15 is 0 Å². The second-order valence-electron chi connectivity index (χ2n) is 6.41. The highest BCUT2D eigenvalue weighted by Crippen LogP contribution is 2.22. The number of aromatic amines is 1. The van der Waals surface area contributed by atoms with Crippen molar-refractivity contribution in [3.63, 3.8) is 0 Å². The number of rotatable bonds is 5. The minimum atomic E-state index is -0.535. The lowest BCUT2D eigenvalue weighted by Crippen LogP contribution is -2.07. The lowest BCUT2D eigenvalue weighted by atomic mass is 10.2. The number of H-pyrrole nitrogens is 1. The molecule has 0 unspecified atom stereocenters. The zero-order valence-electron chi connectivity index (χ0n) is 14.7. The number of hydrogen-bond donors (Lipinski definition) is 2. The van der Waals surface area contributed by atoms with Crippen LogP contribution in [-0.2, 0) is 11.3 Å². The quantitative estimate of drug-likeness (QED) is 0.667. The molecule has 26 heavy (non-hydrogen) atoms. The van der Waals surface area contributed by atoms with Crippen LogP contribution in [0, 0.1) is 12.8 Å². The molecular weight excluding hydrogens is 356 g/mol. The van der Waals surface area contributed by atoms with Gasteiger partial charge in [0.15, 0.2) is 5.58 Å². The largest absolute Gasteiger partial charge is 0.417 e. The van der Waals surface area contributed by atoms with Gasteiger partial charge < -0.3 is 9.73 Å². The molecule has 1 aromatic carbocycles. The number of nitrogens with zero attached hydrogens (tertiary/aromatic N) is 2. The molecule has 0 fully saturated rings. The Morgan fingerprint density at radius 3 is 2.96 bits per heavy atom. The van der Waals surface area contributed by atoms with E-state index in [9.17, 15) is 9.59 Å². The molecule has 136 valence electrons. The van der Waals surface area contributed by atoms with Gasteiger partial charge in [0.2, 0.25) is 5.91 Å². The molecule has 8 heteroatoms. The lowest BCUT2D eigenvalue weighted by molar-refractivity contribution is -0.111. The topological polar surface area (TPSA) is 92.9 Å². The summed E-state index contributed by atoms with van der Waals surface area (Å²) in [5.41, 5.74) is 2.98. The molecule has 2 heterocycles. The van der Waals surface area contributed by atoms with E-state index in [1.54, 1.807) is 29.0 Å². The Morgan fingerprint density at radius 2 is 2.23 bits per heavy atom. The number of amides is 1. The van der Waals surface area contributed by atoms with Crippen LogP contribution in [0.5, 0.6) is 0 Å². The predicted molar refractivity (Wildman–Crippen MR) is 101 cm³/mol. The molecule has 0 spiro atoms. The number of aromatic nitrogens is 3. The van der Waals surface area contributed by atoms with Crippen LogP contribution in [0.3, 0.4) is 0 Å². The molecule has 3 aromatic rings. The summed E-state index contributed by atoms with van der Waals surface area (Å²) in [4.78, 5) is 25.9. The predicted octanol–water partition coefficient (Wildman–Crippen LogP) is 3.59.